The highest BCUT2D eigenvalue weighted by Crippen LogP contribution is 2.44. The highest BCUT2D eigenvalue weighted by Gasteiger charge is 2.42. The van der Waals surface area contributed by atoms with Gasteiger partial charge in [0.25, 0.3) is 0 Å². The molecule has 0 heterocycles. The quantitative estimate of drug-likeness (QED) is 0.878. The van der Waals surface area contributed by atoms with E-state index in [1.807, 2.05) is 0 Å². The van der Waals surface area contributed by atoms with Crippen LogP contribution in [0.3, 0.4) is 0 Å². The molecule has 3 rings (SSSR count). The molecule has 0 saturated heterocycles. The van der Waals surface area contributed by atoms with E-state index in [4.69, 9.17) is 5.26 Å². The number of fused-ring (bicyclic) bond motifs is 1. The molecule has 0 unspecified atom stereocenters. The van der Waals surface area contributed by atoms with Crippen molar-refractivity contribution in [1.29, 1.82) is 5.26 Å². The molecule has 94 valence electrons. The number of nitriles is 1. The molecule has 0 amide bonds. The van der Waals surface area contributed by atoms with Crippen molar-refractivity contribution in [3.05, 3.63) is 34.9 Å². The van der Waals surface area contributed by atoms with Gasteiger partial charge in [-0.2, -0.15) is 5.26 Å². The second kappa shape index (κ2) is 4.74. The summed E-state index contributed by atoms with van der Waals surface area (Å²) < 4.78 is 0. The molecule has 2 nitrogen and oxygen atoms in total. The van der Waals surface area contributed by atoms with Gasteiger partial charge in [-0.1, -0.05) is 18.2 Å². The molecule has 1 fully saturated rings. The first-order valence-electron chi connectivity index (χ1n) is 7.04. The summed E-state index contributed by atoms with van der Waals surface area (Å²) in [4.78, 5) is 0. The molecule has 1 aromatic rings. The van der Waals surface area contributed by atoms with Gasteiger partial charge in [0.2, 0.25) is 0 Å². The fraction of sp³-hybridized carbons (Fsp3) is 0.562. The molecule has 0 radical (unpaired) electrons. The summed E-state index contributed by atoms with van der Waals surface area (Å²) in [5.74, 6) is 0. The van der Waals surface area contributed by atoms with E-state index in [0.29, 0.717) is 0 Å². The van der Waals surface area contributed by atoms with Gasteiger partial charge in [-0.3, -0.25) is 0 Å². The minimum atomic E-state index is -0.0335. The Labute approximate surface area is 109 Å². The van der Waals surface area contributed by atoms with Crippen LogP contribution in [0.15, 0.2) is 18.2 Å². The fourth-order valence-electron chi connectivity index (χ4n) is 2.82. The van der Waals surface area contributed by atoms with Crippen LogP contribution in [0.5, 0.6) is 0 Å². The Bertz CT molecular complexity index is 480. The Kier molecular flexibility index (Phi) is 3.09. The molecule has 0 spiro atoms. The third-order valence-electron chi connectivity index (χ3n) is 4.30. The Hall–Kier alpha value is -1.33. The minimum Gasteiger partial charge on any atom is -0.311 e. The van der Waals surface area contributed by atoms with Gasteiger partial charge in [-0.05, 0) is 55.2 Å². The fourth-order valence-corrected chi connectivity index (χ4v) is 2.82. The number of hydrogen-bond donors (Lipinski definition) is 1. The van der Waals surface area contributed by atoms with Crippen LogP contribution >= 0.6 is 0 Å². The van der Waals surface area contributed by atoms with Gasteiger partial charge >= 0.3 is 0 Å². The second-order valence-electron chi connectivity index (χ2n) is 5.81. The van der Waals surface area contributed by atoms with Crippen molar-refractivity contribution in [2.45, 2.75) is 45.1 Å². The van der Waals surface area contributed by atoms with Crippen molar-refractivity contribution in [3.63, 3.8) is 0 Å². The van der Waals surface area contributed by atoms with E-state index in [-0.39, 0.29) is 5.41 Å². The number of nitrogens with one attached hydrogen (secondary N) is 1. The molecule has 2 aliphatic rings. The molecule has 1 saturated carbocycles. The van der Waals surface area contributed by atoms with Gasteiger partial charge in [0.1, 0.15) is 0 Å². The summed E-state index contributed by atoms with van der Waals surface area (Å²) in [5, 5.41) is 12.5. The van der Waals surface area contributed by atoms with Crippen LogP contribution in [0, 0.1) is 16.7 Å². The molecule has 18 heavy (non-hydrogen) atoms. The summed E-state index contributed by atoms with van der Waals surface area (Å²) in [6.45, 7) is 1.75. The topological polar surface area (TPSA) is 35.8 Å². The molecule has 0 aliphatic heterocycles. The van der Waals surface area contributed by atoms with Crippen LogP contribution in [0.2, 0.25) is 0 Å². The maximum absolute atomic E-state index is 9.02. The van der Waals surface area contributed by atoms with Gasteiger partial charge < -0.3 is 5.32 Å². The van der Waals surface area contributed by atoms with E-state index in [0.717, 1.165) is 25.9 Å². The zero-order valence-corrected chi connectivity index (χ0v) is 10.8. The Morgan fingerprint density at radius 3 is 2.67 bits per heavy atom. The molecule has 2 aliphatic carbocycles. The van der Waals surface area contributed by atoms with Crippen molar-refractivity contribution in [1.82, 2.24) is 5.32 Å². The third-order valence-corrected chi connectivity index (χ3v) is 4.30. The van der Waals surface area contributed by atoms with Gasteiger partial charge in [-0.15, -0.1) is 0 Å². The highest BCUT2D eigenvalue weighted by atomic mass is 14.9. The van der Waals surface area contributed by atoms with Crippen molar-refractivity contribution in [2.24, 2.45) is 5.41 Å². The first-order valence-corrected chi connectivity index (χ1v) is 7.04. The maximum atomic E-state index is 9.02. The number of rotatable bonds is 4. The van der Waals surface area contributed by atoms with Crippen LogP contribution < -0.4 is 5.32 Å². The molecular formula is C16H20N2. The Morgan fingerprint density at radius 2 is 1.94 bits per heavy atom. The van der Waals surface area contributed by atoms with E-state index in [9.17, 15) is 0 Å². The monoisotopic (exact) mass is 240 g/mol. The van der Waals surface area contributed by atoms with Gasteiger partial charge in [-0.25, -0.2) is 0 Å². The van der Waals surface area contributed by atoms with Crippen molar-refractivity contribution in [2.75, 3.05) is 6.54 Å². The largest absolute Gasteiger partial charge is 0.311 e. The van der Waals surface area contributed by atoms with Crippen LogP contribution in [-0.2, 0) is 19.4 Å². The first kappa shape index (κ1) is 11.7. The number of benzene rings is 1. The Balaban J connectivity index is 1.58. The lowest BCUT2D eigenvalue weighted by Gasteiger charge is -2.17. The molecular weight excluding hydrogens is 220 g/mol. The van der Waals surface area contributed by atoms with Gasteiger partial charge in [0, 0.05) is 13.1 Å². The van der Waals surface area contributed by atoms with E-state index >= 15 is 0 Å². The predicted octanol–water partition coefficient (Wildman–Crippen LogP) is 2.96. The van der Waals surface area contributed by atoms with E-state index < -0.39 is 0 Å². The van der Waals surface area contributed by atoms with Crippen molar-refractivity contribution < 1.29 is 0 Å². The first-order chi connectivity index (χ1) is 8.81. The van der Waals surface area contributed by atoms with Crippen LogP contribution in [0.4, 0.5) is 0 Å². The molecule has 0 bridgehead atoms. The Morgan fingerprint density at radius 1 is 1.17 bits per heavy atom. The number of hydrogen-bond acceptors (Lipinski definition) is 2. The summed E-state index contributed by atoms with van der Waals surface area (Å²) >= 11 is 0. The SMILES string of the molecule is N#CC1(CNCc2ccc3c(c2)CCCC3)CC1. The standard InChI is InChI=1S/C16H20N2/c17-11-16(7-8-16)12-18-10-13-5-6-14-3-1-2-4-15(14)9-13/h5-6,9,18H,1-4,7-8,10,12H2. The lowest BCUT2D eigenvalue weighted by molar-refractivity contribution is 0.557. The van der Waals surface area contributed by atoms with Gasteiger partial charge in [0.15, 0.2) is 0 Å². The van der Waals surface area contributed by atoms with Crippen molar-refractivity contribution >= 4 is 0 Å². The second-order valence-corrected chi connectivity index (χ2v) is 5.81. The lowest BCUT2D eigenvalue weighted by Crippen LogP contribution is -2.22. The zero-order chi connectivity index (χ0) is 12.4. The van der Waals surface area contributed by atoms with Crippen LogP contribution in [-0.4, -0.2) is 6.54 Å². The van der Waals surface area contributed by atoms with Gasteiger partial charge in [0.05, 0.1) is 11.5 Å². The lowest BCUT2D eigenvalue weighted by atomic mass is 9.90. The van der Waals surface area contributed by atoms with Crippen LogP contribution in [0.25, 0.3) is 0 Å². The summed E-state index contributed by atoms with van der Waals surface area (Å²) in [5.41, 5.74) is 4.42. The average molecular weight is 240 g/mol. The average Bonchev–Trinajstić information content (AvgIpc) is 3.19. The molecule has 1 aromatic carbocycles. The summed E-state index contributed by atoms with van der Waals surface area (Å²) in [7, 11) is 0. The predicted molar refractivity (Wildman–Crippen MR) is 72.1 cm³/mol. The molecule has 0 aromatic heterocycles. The highest BCUT2D eigenvalue weighted by molar-refractivity contribution is 5.33. The summed E-state index contributed by atoms with van der Waals surface area (Å²) in [6.07, 6.45) is 7.31. The van der Waals surface area contributed by atoms with E-state index in [2.05, 4.69) is 29.6 Å². The summed E-state index contributed by atoms with van der Waals surface area (Å²) in [6, 6.07) is 9.31. The molecule has 0 atom stereocenters. The van der Waals surface area contributed by atoms with Crippen LogP contribution in [0.1, 0.15) is 42.4 Å². The molecule has 1 N–H and O–H groups in total. The van der Waals surface area contributed by atoms with E-state index in [1.54, 1.807) is 11.1 Å². The minimum absolute atomic E-state index is 0.0335. The number of aryl methyl sites for hydroxylation is 2. The third kappa shape index (κ3) is 2.42. The molecule has 2 heteroatoms. The maximum Gasteiger partial charge on any atom is 0.0703 e. The zero-order valence-electron chi connectivity index (χ0n) is 10.8. The number of nitrogens with zero attached hydrogens (tertiary/aromatic N) is 1. The van der Waals surface area contributed by atoms with E-state index in [1.165, 1.54) is 31.2 Å². The normalized spacial score (nSPS) is 19.9. The van der Waals surface area contributed by atoms with Crippen molar-refractivity contribution in [3.8, 4) is 6.07 Å². The smallest absolute Gasteiger partial charge is 0.0703 e.